The summed E-state index contributed by atoms with van der Waals surface area (Å²) in [4.78, 5) is 31.6. The summed E-state index contributed by atoms with van der Waals surface area (Å²) in [5.74, 6) is 0.456. The van der Waals surface area contributed by atoms with Crippen molar-refractivity contribution in [2.24, 2.45) is 10.9 Å². The molecule has 0 saturated carbocycles. The zero-order chi connectivity index (χ0) is 18.8. The summed E-state index contributed by atoms with van der Waals surface area (Å²) < 4.78 is 5.47. The normalized spacial score (nSPS) is 20.2. The lowest BCUT2D eigenvalue weighted by molar-refractivity contribution is -0.141. The van der Waals surface area contributed by atoms with Gasteiger partial charge in [-0.15, -0.1) is 0 Å². The van der Waals surface area contributed by atoms with E-state index < -0.39 is 12.0 Å². The molecule has 1 amide bonds. The van der Waals surface area contributed by atoms with Crippen LogP contribution in [0.4, 0.5) is 0 Å². The Labute approximate surface area is 162 Å². The summed E-state index contributed by atoms with van der Waals surface area (Å²) in [7, 11) is 0. The lowest BCUT2D eigenvalue weighted by Crippen LogP contribution is -2.45. The van der Waals surface area contributed by atoms with Gasteiger partial charge >= 0.3 is 5.97 Å². The van der Waals surface area contributed by atoms with Crippen LogP contribution in [0.15, 0.2) is 40.5 Å². The van der Waals surface area contributed by atoms with Gasteiger partial charge in [-0.05, 0) is 30.5 Å². The van der Waals surface area contributed by atoms with Gasteiger partial charge in [0.25, 0.3) is 0 Å². The molecular formula is C19H21ClN2O3S. The molecule has 0 N–H and O–H groups in total. The van der Waals surface area contributed by atoms with Crippen LogP contribution in [0.25, 0.3) is 0 Å². The molecule has 2 aliphatic heterocycles. The van der Waals surface area contributed by atoms with Gasteiger partial charge < -0.3 is 4.74 Å². The number of rotatable bonds is 4. The molecule has 138 valence electrons. The molecular weight excluding hydrogens is 372 g/mol. The third-order valence-corrected chi connectivity index (χ3v) is 5.37. The molecule has 0 aliphatic carbocycles. The fourth-order valence-electron chi connectivity index (χ4n) is 2.94. The summed E-state index contributed by atoms with van der Waals surface area (Å²) in [6, 6.07) is 6.66. The average Bonchev–Trinajstić information content (AvgIpc) is 2.59. The van der Waals surface area contributed by atoms with Crippen molar-refractivity contribution in [2.45, 2.75) is 33.2 Å². The summed E-state index contributed by atoms with van der Waals surface area (Å²) in [6.45, 7) is 6.07. The van der Waals surface area contributed by atoms with Gasteiger partial charge in [0.15, 0.2) is 5.17 Å². The Hall–Kier alpha value is -1.79. The molecule has 2 aliphatic rings. The maximum absolute atomic E-state index is 12.8. The van der Waals surface area contributed by atoms with E-state index in [1.165, 1.54) is 11.8 Å². The minimum atomic E-state index is -0.542. The van der Waals surface area contributed by atoms with Crippen LogP contribution >= 0.6 is 23.4 Å². The predicted molar refractivity (Wildman–Crippen MR) is 104 cm³/mol. The molecule has 2 heterocycles. The molecule has 1 aromatic carbocycles. The monoisotopic (exact) mass is 392 g/mol. The third kappa shape index (κ3) is 3.81. The average molecular weight is 393 g/mol. The molecule has 1 atom stereocenters. The van der Waals surface area contributed by atoms with E-state index in [9.17, 15) is 9.59 Å². The smallest absolute Gasteiger partial charge is 0.338 e. The molecule has 0 unspecified atom stereocenters. The van der Waals surface area contributed by atoms with Gasteiger partial charge in [0.1, 0.15) is 0 Å². The Balaban J connectivity index is 2.06. The fraction of sp³-hybridized carbons (Fsp3) is 0.421. The van der Waals surface area contributed by atoms with Gasteiger partial charge in [-0.3, -0.25) is 9.69 Å². The van der Waals surface area contributed by atoms with Crippen molar-refractivity contribution in [3.8, 4) is 0 Å². The fourth-order valence-corrected chi connectivity index (χ4v) is 4.07. The Morgan fingerprint density at radius 2 is 2.08 bits per heavy atom. The summed E-state index contributed by atoms with van der Waals surface area (Å²) in [5.41, 5.74) is 1.81. The predicted octanol–water partition coefficient (Wildman–Crippen LogP) is 4.19. The second-order valence-corrected chi connectivity index (χ2v) is 8.20. The van der Waals surface area contributed by atoms with Crippen LogP contribution in [0.5, 0.6) is 0 Å². The van der Waals surface area contributed by atoms with Gasteiger partial charge in [-0.1, -0.05) is 49.3 Å². The van der Waals surface area contributed by atoms with Crippen molar-refractivity contribution < 1.29 is 14.3 Å². The van der Waals surface area contributed by atoms with E-state index >= 15 is 0 Å². The zero-order valence-electron chi connectivity index (χ0n) is 15.0. The number of thioether (sulfide) groups is 1. The van der Waals surface area contributed by atoms with Gasteiger partial charge in [-0.25, -0.2) is 9.79 Å². The molecule has 0 radical (unpaired) electrons. The number of ether oxygens (including phenoxy) is 1. The first-order valence-corrected chi connectivity index (χ1v) is 9.91. The lowest BCUT2D eigenvalue weighted by atomic mass is 9.94. The minimum absolute atomic E-state index is 0.0379. The maximum Gasteiger partial charge on any atom is 0.338 e. The topological polar surface area (TPSA) is 59.0 Å². The van der Waals surface area contributed by atoms with Crippen LogP contribution in [0.3, 0.4) is 0 Å². The number of amidine groups is 1. The Kier molecular flexibility index (Phi) is 5.73. The Bertz CT molecular complexity index is 786. The standard InChI is InChI=1S/C19H21ClN2O3S/c1-11(2)10-25-18(24)16-12(3)21-19-22(15(23)8-9-26-19)17(16)13-4-6-14(20)7-5-13/h4-7,11,17H,8-10H2,1-3H3/t17-/m0/s1. The van der Waals surface area contributed by atoms with Crippen LogP contribution in [0.2, 0.25) is 5.02 Å². The van der Waals surface area contributed by atoms with Crippen molar-refractivity contribution in [2.75, 3.05) is 12.4 Å². The molecule has 0 spiro atoms. The molecule has 7 heteroatoms. The van der Waals surface area contributed by atoms with Crippen LogP contribution in [0, 0.1) is 5.92 Å². The van der Waals surface area contributed by atoms with E-state index in [1.807, 2.05) is 26.0 Å². The first kappa shape index (κ1) is 19.0. The van der Waals surface area contributed by atoms with Crippen LogP contribution < -0.4 is 0 Å². The number of aliphatic imine (C=N–C) groups is 1. The SMILES string of the molecule is CC1=C(C(=O)OCC(C)C)[C@H](c2ccc(Cl)cc2)N2C(=O)CCSC2=N1. The molecule has 0 bridgehead atoms. The number of nitrogens with zero attached hydrogens (tertiary/aromatic N) is 2. The number of hydrogen-bond acceptors (Lipinski definition) is 5. The number of carbonyl (C=O) groups is 2. The number of hydrogen-bond donors (Lipinski definition) is 0. The van der Waals surface area contributed by atoms with Crippen LogP contribution in [-0.4, -0.2) is 34.3 Å². The Morgan fingerprint density at radius 1 is 1.38 bits per heavy atom. The van der Waals surface area contributed by atoms with Crippen molar-refractivity contribution in [3.05, 3.63) is 46.1 Å². The van der Waals surface area contributed by atoms with E-state index in [-0.39, 0.29) is 11.8 Å². The van der Waals surface area contributed by atoms with E-state index in [0.29, 0.717) is 40.2 Å². The highest BCUT2D eigenvalue weighted by Crippen LogP contribution is 2.40. The molecule has 5 nitrogen and oxygen atoms in total. The summed E-state index contributed by atoms with van der Waals surface area (Å²) in [5, 5.41) is 1.24. The van der Waals surface area contributed by atoms with Crippen molar-refractivity contribution in [1.82, 2.24) is 4.90 Å². The van der Waals surface area contributed by atoms with Gasteiger partial charge in [-0.2, -0.15) is 0 Å². The number of allylic oxidation sites excluding steroid dienone is 1. The van der Waals surface area contributed by atoms with Gasteiger partial charge in [0.05, 0.1) is 23.9 Å². The highest BCUT2D eigenvalue weighted by atomic mass is 35.5. The van der Waals surface area contributed by atoms with Crippen LogP contribution in [-0.2, 0) is 14.3 Å². The molecule has 1 aromatic rings. The van der Waals surface area contributed by atoms with E-state index in [2.05, 4.69) is 4.99 Å². The van der Waals surface area contributed by atoms with Crippen molar-refractivity contribution >= 4 is 40.4 Å². The number of fused-ring (bicyclic) bond motifs is 1. The summed E-state index contributed by atoms with van der Waals surface area (Å²) in [6.07, 6.45) is 0.418. The van der Waals surface area contributed by atoms with E-state index in [0.717, 1.165) is 5.56 Å². The largest absolute Gasteiger partial charge is 0.462 e. The highest BCUT2D eigenvalue weighted by molar-refractivity contribution is 8.14. The van der Waals surface area contributed by atoms with E-state index in [4.69, 9.17) is 16.3 Å². The number of carbonyl (C=O) groups excluding carboxylic acids is 2. The second-order valence-electron chi connectivity index (χ2n) is 6.70. The molecule has 1 fully saturated rings. The highest BCUT2D eigenvalue weighted by Gasteiger charge is 2.41. The van der Waals surface area contributed by atoms with Gasteiger partial charge in [0, 0.05) is 17.2 Å². The van der Waals surface area contributed by atoms with Crippen molar-refractivity contribution in [3.63, 3.8) is 0 Å². The Morgan fingerprint density at radius 3 is 2.73 bits per heavy atom. The quantitative estimate of drug-likeness (QED) is 0.721. The number of amides is 1. The zero-order valence-corrected chi connectivity index (χ0v) is 16.6. The first-order valence-electron chi connectivity index (χ1n) is 8.55. The molecule has 26 heavy (non-hydrogen) atoms. The number of halogens is 1. The maximum atomic E-state index is 12.8. The van der Waals surface area contributed by atoms with E-state index in [1.54, 1.807) is 24.0 Å². The number of benzene rings is 1. The molecule has 3 rings (SSSR count). The first-order chi connectivity index (χ1) is 12.4. The number of esters is 1. The minimum Gasteiger partial charge on any atom is -0.462 e. The molecule has 0 aromatic heterocycles. The third-order valence-electron chi connectivity index (χ3n) is 4.16. The van der Waals surface area contributed by atoms with Crippen LogP contribution in [0.1, 0.15) is 38.8 Å². The van der Waals surface area contributed by atoms with Gasteiger partial charge in [0.2, 0.25) is 5.91 Å². The second kappa shape index (κ2) is 7.84. The van der Waals surface area contributed by atoms with Crippen molar-refractivity contribution in [1.29, 1.82) is 0 Å². The summed E-state index contributed by atoms with van der Waals surface area (Å²) >= 11 is 7.55. The molecule has 1 saturated heterocycles. The lowest BCUT2D eigenvalue weighted by Gasteiger charge is -2.39.